The van der Waals surface area contributed by atoms with Crippen LogP contribution in [0.4, 0.5) is 5.69 Å². The van der Waals surface area contributed by atoms with Crippen molar-refractivity contribution >= 4 is 35.5 Å². The van der Waals surface area contributed by atoms with Gasteiger partial charge in [0.2, 0.25) is 0 Å². The first-order valence-corrected chi connectivity index (χ1v) is 18.3. The van der Waals surface area contributed by atoms with Crippen molar-refractivity contribution in [3.8, 4) is 46.5 Å². The van der Waals surface area contributed by atoms with Gasteiger partial charge < -0.3 is 33.7 Å². The van der Waals surface area contributed by atoms with E-state index in [1.54, 1.807) is 48.5 Å². The van der Waals surface area contributed by atoms with Gasteiger partial charge in [-0.05, 0) is 102 Å². The van der Waals surface area contributed by atoms with Crippen LogP contribution in [0.15, 0.2) is 141 Å². The van der Waals surface area contributed by atoms with Crippen molar-refractivity contribution in [2.24, 2.45) is 0 Å². The summed E-state index contributed by atoms with van der Waals surface area (Å²) in [7, 11) is 0. The molecule has 59 heavy (non-hydrogen) atoms. The number of hydrogen-bond donors (Lipinski definition) is 1. The molecule has 4 aromatic rings. The van der Waals surface area contributed by atoms with Crippen molar-refractivity contribution in [3.05, 3.63) is 163 Å². The number of benzene rings is 5. The lowest BCUT2D eigenvalue weighted by atomic mass is 9.95. The molecule has 1 amide bonds. The first-order valence-electron chi connectivity index (χ1n) is 18.3. The van der Waals surface area contributed by atoms with Crippen molar-refractivity contribution in [2.75, 3.05) is 31.7 Å². The fourth-order valence-corrected chi connectivity index (χ4v) is 5.01. The number of fused-ring (bicyclic) bond motifs is 1. The van der Waals surface area contributed by atoms with Crippen LogP contribution in [0.1, 0.15) is 49.5 Å². The van der Waals surface area contributed by atoms with Gasteiger partial charge in [-0.1, -0.05) is 43.3 Å². The molecule has 0 atom stereocenters. The molecule has 1 N–H and O–H groups in total. The molecule has 2 aliphatic carbocycles. The Morgan fingerprint density at radius 2 is 1.05 bits per heavy atom. The van der Waals surface area contributed by atoms with Crippen LogP contribution in [0.3, 0.4) is 0 Å². The molecule has 0 saturated carbocycles. The van der Waals surface area contributed by atoms with Crippen LogP contribution < -0.4 is 24.3 Å². The number of carbonyl (C=O) groups excluding carboxylic acids is 5. The van der Waals surface area contributed by atoms with E-state index in [0.717, 1.165) is 12.2 Å². The smallest absolute Gasteiger partial charge is 0.343 e. The van der Waals surface area contributed by atoms with Gasteiger partial charge in [-0.3, -0.25) is 4.79 Å². The molecule has 0 aliphatic heterocycles. The van der Waals surface area contributed by atoms with E-state index in [2.05, 4.69) is 48.7 Å². The van der Waals surface area contributed by atoms with Crippen LogP contribution in [-0.4, -0.2) is 56.2 Å². The standard InChI is InChI=1S/C41H35NO11.C6H4/c1-4-28-9-15-31(16-10-28)42-39(45)35-27-34(52-40(46)29-11-17-32(18-12-29)48-23-7-25-50-37(43)5-2)21-22-36(35)53-41(47)30-13-19-33(20-14-30)49-24-8-26-51-38(44)6-3;1-2-6-4-3-5(1)6/h1,5-6,9-22,27H,2-3,7-8,23-26H2,(H,42,45);1-4H. The van der Waals surface area contributed by atoms with Gasteiger partial charge in [-0.25, -0.2) is 19.2 Å². The van der Waals surface area contributed by atoms with Crippen LogP contribution in [0.5, 0.6) is 23.0 Å². The Morgan fingerprint density at radius 3 is 1.49 bits per heavy atom. The second-order valence-electron chi connectivity index (χ2n) is 12.4. The Balaban J connectivity index is 0.000000994. The van der Waals surface area contributed by atoms with Gasteiger partial charge in [-0.2, -0.15) is 0 Å². The average molecular weight is 794 g/mol. The minimum Gasteiger partial charge on any atom is -0.493 e. The minimum atomic E-state index is -0.759. The van der Waals surface area contributed by atoms with Crippen molar-refractivity contribution in [3.63, 3.8) is 0 Å². The summed E-state index contributed by atoms with van der Waals surface area (Å²) in [5.74, 6) is 0.228. The third-order valence-electron chi connectivity index (χ3n) is 8.25. The zero-order chi connectivity index (χ0) is 42.0. The largest absolute Gasteiger partial charge is 0.493 e. The van der Waals surface area contributed by atoms with Crippen molar-refractivity contribution in [1.29, 1.82) is 0 Å². The summed E-state index contributed by atoms with van der Waals surface area (Å²) in [4.78, 5) is 61.9. The summed E-state index contributed by atoms with van der Waals surface area (Å²) in [5.41, 5.74) is 4.17. The molecule has 2 aliphatic rings. The predicted molar refractivity (Wildman–Crippen MR) is 220 cm³/mol. The molecular weight excluding hydrogens is 755 g/mol. The van der Waals surface area contributed by atoms with Gasteiger partial charge in [0.25, 0.3) is 5.91 Å². The molecule has 0 heterocycles. The molecule has 298 valence electrons. The van der Waals surface area contributed by atoms with E-state index in [9.17, 15) is 24.0 Å². The van der Waals surface area contributed by atoms with E-state index in [1.807, 2.05) is 0 Å². The zero-order valence-corrected chi connectivity index (χ0v) is 31.8. The molecule has 0 unspecified atom stereocenters. The lowest BCUT2D eigenvalue weighted by molar-refractivity contribution is -0.138. The van der Waals surface area contributed by atoms with Crippen LogP contribution in [-0.2, 0) is 19.1 Å². The maximum Gasteiger partial charge on any atom is 0.343 e. The highest BCUT2D eigenvalue weighted by atomic mass is 16.5. The number of hydrogen-bond acceptors (Lipinski definition) is 11. The van der Waals surface area contributed by atoms with Gasteiger partial charge in [0, 0.05) is 36.2 Å². The quantitative estimate of drug-likeness (QED) is 0.0296. The molecule has 0 spiro atoms. The molecule has 0 saturated heterocycles. The lowest BCUT2D eigenvalue weighted by Crippen LogP contribution is -2.17. The lowest BCUT2D eigenvalue weighted by Gasteiger charge is -2.13. The second kappa shape index (κ2) is 21.4. The molecule has 12 nitrogen and oxygen atoms in total. The average Bonchev–Trinajstić information content (AvgIpc) is 3.25. The normalized spacial score (nSPS) is 10.2. The van der Waals surface area contributed by atoms with E-state index in [0.29, 0.717) is 35.6 Å². The maximum atomic E-state index is 13.5. The molecule has 4 aromatic carbocycles. The highest BCUT2D eigenvalue weighted by molar-refractivity contribution is 6.07. The van der Waals surface area contributed by atoms with Crippen LogP contribution in [0.25, 0.3) is 11.1 Å². The van der Waals surface area contributed by atoms with Crippen LogP contribution in [0.2, 0.25) is 0 Å². The highest BCUT2D eigenvalue weighted by Gasteiger charge is 2.20. The number of ether oxygens (including phenoxy) is 6. The summed E-state index contributed by atoms with van der Waals surface area (Å²) < 4.78 is 32.2. The van der Waals surface area contributed by atoms with E-state index in [1.165, 1.54) is 53.6 Å². The van der Waals surface area contributed by atoms with E-state index in [-0.39, 0.29) is 54.6 Å². The Morgan fingerprint density at radius 1 is 0.576 bits per heavy atom. The Bertz CT molecular complexity index is 2300. The molecule has 0 bridgehead atoms. The number of nitrogens with one attached hydrogen (secondary N) is 1. The molecule has 0 radical (unpaired) electrons. The third kappa shape index (κ3) is 12.8. The summed E-state index contributed by atoms with van der Waals surface area (Å²) in [6.07, 6.45) is 8.50. The Labute approximate surface area is 341 Å². The molecule has 12 heteroatoms. The third-order valence-corrected chi connectivity index (χ3v) is 8.25. The number of terminal acetylenes is 1. The molecule has 6 rings (SSSR count). The highest BCUT2D eigenvalue weighted by Crippen LogP contribution is 2.30. The number of amides is 1. The number of esters is 4. The molecular formula is C47H39NO11. The maximum absolute atomic E-state index is 13.5. The molecule has 0 aromatic heterocycles. The fraction of sp³-hybridized carbons (Fsp3) is 0.128. The van der Waals surface area contributed by atoms with Gasteiger partial charge in [0.15, 0.2) is 0 Å². The van der Waals surface area contributed by atoms with E-state index in [4.69, 9.17) is 34.8 Å². The number of rotatable bonds is 18. The fourth-order valence-electron chi connectivity index (χ4n) is 5.01. The number of anilines is 1. The first kappa shape index (κ1) is 42.2. The van der Waals surface area contributed by atoms with Gasteiger partial charge >= 0.3 is 23.9 Å². The zero-order valence-electron chi connectivity index (χ0n) is 31.8. The van der Waals surface area contributed by atoms with E-state index >= 15 is 0 Å². The van der Waals surface area contributed by atoms with Crippen molar-refractivity contribution in [2.45, 2.75) is 12.8 Å². The van der Waals surface area contributed by atoms with Crippen molar-refractivity contribution < 1.29 is 52.4 Å². The van der Waals surface area contributed by atoms with Crippen LogP contribution in [0, 0.1) is 12.3 Å². The van der Waals surface area contributed by atoms with Crippen molar-refractivity contribution in [1.82, 2.24) is 0 Å². The van der Waals surface area contributed by atoms with Gasteiger partial charge in [-0.15, -0.1) is 6.42 Å². The Kier molecular flexibility index (Phi) is 15.3. The first-order chi connectivity index (χ1) is 28.6. The van der Waals surface area contributed by atoms with E-state index < -0.39 is 29.8 Å². The summed E-state index contributed by atoms with van der Waals surface area (Å²) in [5, 5.41) is 2.73. The summed E-state index contributed by atoms with van der Waals surface area (Å²) >= 11 is 0. The summed E-state index contributed by atoms with van der Waals surface area (Å²) in [6, 6.07) is 31.4. The van der Waals surface area contributed by atoms with Gasteiger partial charge in [0.1, 0.15) is 23.0 Å². The van der Waals surface area contributed by atoms with Gasteiger partial charge in [0.05, 0.1) is 43.1 Å². The Hall–Kier alpha value is -7.91. The second-order valence-corrected chi connectivity index (χ2v) is 12.4. The monoisotopic (exact) mass is 793 g/mol. The summed E-state index contributed by atoms with van der Waals surface area (Å²) in [6.45, 7) is 7.56. The van der Waals surface area contributed by atoms with Crippen LogP contribution >= 0.6 is 0 Å². The molecule has 0 fully saturated rings. The minimum absolute atomic E-state index is 0.0118. The SMILES string of the molecule is C#Cc1ccc(NC(=O)c2cc(OC(=O)c3ccc(OCCCOC(=O)C=C)cc3)ccc2OC(=O)c2ccc(OCCCOC(=O)C=C)cc2)cc1.c1cc2ccc1-2. The topological polar surface area (TPSA) is 153 Å². The number of carbonyl (C=O) groups is 5. The predicted octanol–water partition coefficient (Wildman–Crippen LogP) is 8.02.